The van der Waals surface area contributed by atoms with Crippen molar-refractivity contribution in [2.75, 3.05) is 0 Å². The van der Waals surface area contributed by atoms with Gasteiger partial charge < -0.3 is 20.4 Å². The van der Waals surface area contributed by atoms with E-state index >= 15 is 0 Å². The van der Waals surface area contributed by atoms with Crippen molar-refractivity contribution in [2.24, 2.45) is 0 Å². The van der Waals surface area contributed by atoms with Gasteiger partial charge in [-0.05, 0) is 37.1 Å². The molecule has 4 nitrogen and oxygen atoms in total. The van der Waals surface area contributed by atoms with E-state index in [9.17, 15) is 20.4 Å². The summed E-state index contributed by atoms with van der Waals surface area (Å²) in [4.78, 5) is 0. The van der Waals surface area contributed by atoms with Crippen LogP contribution in [-0.4, -0.2) is 20.4 Å². The number of rotatable bonds is 17. The number of phenolic OH excluding ortho intramolecular Hbond substituents is 4. The van der Waals surface area contributed by atoms with Gasteiger partial charge in [-0.15, -0.1) is 0 Å². The van der Waals surface area contributed by atoms with Crippen LogP contribution in [0, 0.1) is 0 Å². The van der Waals surface area contributed by atoms with Gasteiger partial charge in [-0.3, -0.25) is 0 Å². The quantitative estimate of drug-likeness (QED) is 0.0959. The highest BCUT2D eigenvalue weighted by Crippen LogP contribution is 2.40. The minimum Gasteiger partial charge on any atom is -0.508 e. The van der Waals surface area contributed by atoms with Crippen molar-refractivity contribution in [1.82, 2.24) is 0 Å². The molecule has 0 amide bonds. The van der Waals surface area contributed by atoms with Crippen molar-refractivity contribution in [3.63, 3.8) is 0 Å². The molecule has 0 fully saturated rings. The van der Waals surface area contributed by atoms with Crippen molar-refractivity contribution in [3.05, 3.63) is 119 Å². The highest BCUT2D eigenvalue weighted by Gasteiger charge is 2.21. The third kappa shape index (κ3) is 8.79. The molecule has 42 heavy (non-hydrogen) atoms. The Balaban J connectivity index is 1.13. The first-order valence-corrected chi connectivity index (χ1v) is 15.7. The molecule has 0 heterocycles. The van der Waals surface area contributed by atoms with E-state index in [-0.39, 0.29) is 34.8 Å². The first kappa shape index (κ1) is 31.0. The second kappa shape index (κ2) is 16.5. The lowest BCUT2D eigenvalue weighted by Gasteiger charge is -2.20. The summed E-state index contributed by atoms with van der Waals surface area (Å²) in [6.07, 6.45) is 13.6. The molecule has 0 atom stereocenters. The number of aromatic hydroxyl groups is 4. The topological polar surface area (TPSA) is 80.9 Å². The maximum Gasteiger partial charge on any atom is 0.119 e. The van der Waals surface area contributed by atoms with Crippen LogP contribution in [0.4, 0.5) is 0 Å². The van der Waals surface area contributed by atoms with Gasteiger partial charge >= 0.3 is 0 Å². The molecule has 222 valence electrons. The zero-order valence-corrected chi connectivity index (χ0v) is 24.7. The molecule has 0 bridgehead atoms. The van der Waals surface area contributed by atoms with E-state index < -0.39 is 0 Å². The molecule has 0 aromatic heterocycles. The molecule has 4 rings (SSSR count). The molecule has 0 aliphatic rings. The van der Waals surface area contributed by atoms with E-state index in [1.165, 1.54) is 38.5 Å². The third-order valence-electron chi connectivity index (χ3n) is 8.48. The first-order valence-electron chi connectivity index (χ1n) is 15.7. The molecule has 0 saturated carbocycles. The van der Waals surface area contributed by atoms with Crippen molar-refractivity contribution in [1.29, 1.82) is 0 Å². The molecule has 4 aromatic carbocycles. The second-order valence-corrected chi connectivity index (χ2v) is 11.5. The summed E-state index contributed by atoms with van der Waals surface area (Å²) in [5.41, 5.74) is 3.52. The van der Waals surface area contributed by atoms with Crippen LogP contribution in [0.25, 0.3) is 0 Å². The second-order valence-electron chi connectivity index (χ2n) is 11.5. The number of hydrogen-bond acceptors (Lipinski definition) is 4. The van der Waals surface area contributed by atoms with Crippen LogP contribution in [0.3, 0.4) is 0 Å². The Morgan fingerprint density at radius 3 is 0.762 bits per heavy atom. The molecule has 0 aliphatic heterocycles. The lowest BCUT2D eigenvalue weighted by atomic mass is 9.85. The van der Waals surface area contributed by atoms with Crippen LogP contribution in [0.2, 0.25) is 0 Å². The van der Waals surface area contributed by atoms with Crippen molar-refractivity contribution in [2.45, 2.75) is 88.9 Å². The molecular formula is C38H46O4. The zero-order valence-electron chi connectivity index (χ0n) is 24.7. The normalized spacial score (nSPS) is 11.4. The Kier molecular flexibility index (Phi) is 12.2. The van der Waals surface area contributed by atoms with E-state index in [2.05, 4.69) is 0 Å². The molecule has 0 unspecified atom stereocenters. The van der Waals surface area contributed by atoms with Crippen LogP contribution in [0.1, 0.15) is 111 Å². The fourth-order valence-corrected chi connectivity index (χ4v) is 6.20. The molecular weight excluding hydrogens is 520 g/mol. The highest BCUT2D eigenvalue weighted by atomic mass is 16.3. The monoisotopic (exact) mass is 566 g/mol. The Morgan fingerprint density at radius 1 is 0.310 bits per heavy atom. The lowest BCUT2D eigenvalue weighted by molar-refractivity contribution is 0.445. The van der Waals surface area contributed by atoms with Crippen molar-refractivity contribution in [3.8, 4) is 23.0 Å². The van der Waals surface area contributed by atoms with Crippen LogP contribution >= 0.6 is 0 Å². The summed E-state index contributed by atoms with van der Waals surface area (Å²) in [6, 6.07) is 29.9. The van der Waals surface area contributed by atoms with Gasteiger partial charge in [0.2, 0.25) is 0 Å². The summed E-state index contributed by atoms with van der Waals surface area (Å²) in [6.45, 7) is 0. The number of para-hydroxylation sites is 4. The maximum atomic E-state index is 10.5. The summed E-state index contributed by atoms with van der Waals surface area (Å²) in [7, 11) is 0. The molecule has 0 aliphatic carbocycles. The number of phenols is 4. The molecule has 0 radical (unpaired) electrons. The first-order chi connectivity index (χ1) is 20.6. The fourth-order valence-electron chi connectivity index (χ4n) is 6.20. The van der Waals surface area contributed by atoms with E-state index in [1.807, 2.05) is 72.8 Å². The zero-order chi connectivity index (χ0) is 29.6. The number of benzene rings is 4. The molecule has 4 heteroatoms. The minimum atomic E-state index is -0.0105. The molecule has 0 saturated heterocycles. The van der Waals surface area contributed by atoms with Crippen LogP contribution in [-0.2, 0) is 0 Å². The van der Waals surface area contributed by atoms with Crippen molar-refractivity contribution >= 4 is 0 Å². The predicted molar refractivity (Wildman–Crippen MR) is 172 cm³/mol. The number of unbranched alkanes of at least 4 members (excludes halogenated alkanes) is 9. The summed E-state index contributed by atoms with van der Waals surface area (Å²) in [5.74, 6) is 1.14. The predicted octanol–water partition coefficient (Wildman–Crippen LogP) is 10.2. The van der Waals surface area contributed by atoms with Gasteiger partial charge in [-0.25, -0.2) is 0 Å². The number of hydrogen-bond donors (Lipinski definition) is 4. The van der Waals surface area contributed by atoms with Crippen LogP contribution in [0.15, 0.2) is 97.1 Å². The largest absolute Gasteiger partial charge is 0.508 e. The molecule has 4 aromatic rings. The van der Waals surface area contributed by atoms with Gasteiger partial charge in [-0.1, -0.05) is 137 Å². The van der Waals surface area contributed by atoms with Gasteiger partial charge in [0, 0.05) is 34.1 Å². The van der Waals surface area contributed by atoms with Crippen molar-refractivity contribution < 1.29 is 20.4 Å². The summed E-state index contributed by atoms with van der Waals surface area (Å²) in [5, 5.41) is 41.8. The van der Waals surface area contributed by atoms with Gasteiger partial charge in [0.15, 0.2) is 0 Å². The Labute approximate surface area is 251 Å². The Bertz CT molecular complexity index is 1170. The Morgan fingerprint density at radius 2 is 0.524 bits per heavy atom. The molecule has 0 spiro atoms. The smallest absolute Gasteiger partial charge is 0.119 e. The van der Waals surface area contributed by atoms with Gasteiger partial charge in [0.1, 0.15) is 23.0 Å². The summed E-state index contributed by atoms with van der Waals surface area (Å²) >= 11 is 0. The minimum absolute atomic E-state index is 0.0105. The van der Waals surface area contributed by atoms with E-state index in [4.69, 9.17) is 0 Å². The van der Waals surface area contributed by atoms with E-state index in [0.29, 0.717) is 0 Å². The average molecular weight is 567 g/mol. The SMILES string of the molecule is Oc1ccccc1C(CCCCCCCCCCCCC(c1ccccc1O)c1ccccc1O)c1ccccc1O. The Hall–Kier alpha value is -3.92. The standard InChI is InChI=1S/C38H46O4/c39-35-25-15-11-21-31(35)29(32-22-12-16-26-36(32)40)19-9-7-5-3-1-2-4-6-8-10-20-30(33-23-13-17-27-37(33)41)34-24-14-18-28-38(34)42/h11-18,21-30,39-42H,1-10,19-20H2. The maximum absolute atomic E-state index is 10.5. The van der Waals surface area contributed by atoms with Crippen LogP contribution in [0.5, 0.6) is 23.0 Å². The fraction of sp³-hybridized carbons (Fsp3) is 0.368. The summed E-state index contributed by atoms with van der Waals surface area (Å²) < 4.78 is 0. The van der Waals surface area contributed by atoms with Crippen LogP contribution < -0.4 is 0 Å². The van der Waals surface area contributed by atoms with Gasteiger partial charge in [0.05, 0.1) is 0 Å². The van der Waals surface area contributed by atoms with E-state index in [1.54, 1.807) is 24.3 Å². The average Bonchev–Trinajstić information content (AvgIpc) is 3.00. The molecule has 4 N–H and O–H groups in total. The van der Waals surface area contributed by atoms with E-state index in [0.717, 1.165) is 60.8 Å². The van der Waals surface area contributed by atoms with Gasteiger partial charge in [0.25, 0.3) is 0 Å². The third-order valence-corrected chi connectivity index (χ3v) is 8.48. The highest BCUT2D eigenvalue weighted by molar-refractivity contribution is 5.47. The lowest BCUT2D eigenvalue weighted by Crippen LogP contribution is -2.02. The van der Waals surface area contributed by atoms with Gasteiger partial charge in [-0.2, -0.15) is 0 Å².